The van der Waals surface area contributed by atoms with Gasteiger partial charge in [0.15, 0.2) is 10.8 Å². The van der Waals surface area contributed by atoms with Crippen molar-refractivity contribution in [3.8, 4) is 0 Å². The summed E-state index contributed by atoms with van der Waals surface area (Å²) in [5.74, 6) is 0.671. The number of halogens is 1. The van der Waals surface area contributed by atoms with E-state index in [4.69, 9.17) is 21.6 Å². The molecule has 31 heavy (non-hydrogen) atoms. The summed E-state index contributed by atoms with van der Waals surface area (Å²) in [5.41, 5.74) is 4.11. The van der Waals surface area contributed by atoms with Crippen LogP contribution in [0.4, 0.5) is 5.82 Å². The Morgan fingerprint density at radius 2 is 2.06 bits per heavy atom. The van der Waals surface area contributed by atoms with Gasteiger partial charge in [-0.3, -0.25) is 4.98 Å². The van der Waals surface area contributed by atoms with Gasteiger partial charge in [0.2, 0.25) is 0 Å². The Balaban J connectivity index is 1.57. The van der Waals surface area contributed by atoms with Crippen molar-refractivity contribution < 1.29 is 10.2 Å². The summed E-state index contributed by atoms with van der Waals surface area (Å²) in [5, 5.41) is 21.4. The molecule has 0 unspecified atom stereocenters. The highest BCUT2D eigenvalue weighted by atomic mass is 35.5. The van der Waals surface area contributed by atoms with Crippen molar-refractivity contribution in [2.75, 3.05) is 18.1 Å². The van der Waals surface area contributed by atoms with Crippen LogP contribution in [0.3, 0.4) is 0 Å². The van der Waals surface area contributed by atoms with Gasteiger partial charge in [0.1, 0.15) is 11.3 Å². The highest BCUT2D eigenvalue weighted by Crippen LogP contribution is 2.44. The minimum atomic E-state index is -0.607. The summed E-state index contributed by atoms with van der Waals surface area (Å²) in [6.45, 7) is 2.51. The number of rotatable bonds is 5. The third kappa shape index (κ3) is 3.65. The molecule has 0 bridgehead atoms. The van der Waals surface area contributed by atoms with Gasteiger partial charge < -0.3 is 15.1 Å². The Kier molecular flexibility index (Phi) is 5.51. The van der Waals surface area contributed by atoms with E-state index in [0.717, 1.165) is 28.1 Å². The van der Waals surface area contributed by atoms with Crippen LogP contribution in [-0.2, 0) is 6.42 Å². The topological polar surface area (TPSA) is 108 Å². The number of hydrogen-bond donors (Lipinski definition) is 2. The lowest BCUT2D eigenvalue weighted by molar-refractivity contribution is 0.128. The lowest BCUT2D eigenvalue weighted by Crippen LogP contribution is -2.39. The number of aliphatic hydroxyl groups is 2. The fourth-order valence-corrected chi connectivity index (χ4v) is 5.30. The fourth-order valence-electron chi connectivity index (χ4n) is 4.14. The molecule has 0 spiro atoms. The molecule has 0 radical (unpaired) electrons. The van der Waals surface area contributed by atoms with Gasteiger partial charge in [-0.2, -0.15) is 0 Å². The van der Waals surface area contributed by atoms with Gasteiger partial charge in [0, 0.05) is 36.5 Å². The van der Waals surface area contributed by atoms with Crippen LogP contribution in [0.2, 0.25) is 0 Å². The largest absolute Gasteiger partial charge is 0.394 e. The summed E-state index contributed by atoms with van der Waals surface area (Å²) in [6.07, 6.45) is 6.45. The number of allylic oxidation sites excluding steroid dienone is 1. The van der Waals surface area contributed by atoms with Crippen molar-refractivity contribution >= 4 is 45.4 Å². The predicted octanol–water partition coefficient (Wildman–Crippen LogP) is 2.81. The molecule has 2 aliphatic rings. The van der Waals surface area contributed by atoms with E-state index >= 15 is 0 Å². The van der Waals surface area contributed by atoms with Gasteiger partial charge in [0.25, 0.3) is 0 Å². The van der Waals surface area contributed by atoms with Crippen LogP contribution < -0.4 is 4.90 Å². The monoisotopic (exact) mass is 456 g/mol. The number of hydrogen-bond acceptors (Lipinski definition) is 9. The van der Waals surface area contributed by atoms with Gasteiger partial charge in [-0.15, -0.1) is 0 Å². The van der Waals surface area contributed by atoms with Gasteiger partial charge in [-0.05, 0) is 36.2 Å². The Morgan fingerprint density at radius 1 is 1.23 bits per heavy atom. The Labute approximate surface area is 188 Å². The van der Waals surface area contributed by atoms with Crippen molar-refractivity contribution in [1.82, 2.24) is 24.9 Å². The highest BCUT2D eigenvalue weighted by molar-refractivity contribution is 7.99. The molecular weight excluding hydrogens is 436 g/mol. The molecule has 1 fully saturated rings. The fraction of sp³-hybridized carbons (Fsp3) is 0.381. The molecule has 160 valence electrons. The highest BCUT2D eigenvalue weighted by Gasteiger charge is 2.37. The SMILES string of the molecule is CCC1=C(Cl)c2c(nc(Sc3cnc4nccnc4c3)nc2N2CC[C@H](O)[C@H]2CO)C1. The van der Waals surface area contributed by atoms with E-state index in [-0.39, 0.29) is 6.61 Å². The molecular formula is C21H21ClN6O2S. The quantitative estimate of drug-likeness (QED) is 0.560. The first-order valence-electron chi connectivity index (χ1n) is 10.2. The van der Waals surface area contributed by atoms with Gasteiger partial charge >= 0.3 is 0 Å². The van der Waals surface area contributed by atoms with Crippen molar-refractivity contribution in [1.29, 1.82) is 0 Å². The number of fused-ring (bicyclic) bond motifs is 2. The third-order valence-electron chi connectivity index (χ3n) is 5.76. The zero-order valence-electron chi connectivity index (χ0n) is 16.9. The van der Waals surface area contributed by atoms with E-state index in [1.165, 1.54) is 11.8 Å². The van der Waals surface area contributed by atoms with Crippen molar-refractivity contribution in [3.63, 3.8) is 0 Å². The average Bonchev–Trinajstić information content (AvgIpc) is 3.32. The molecule has 4 heterocycles. The zero-order chi connectivity index (χ0) is 21.5. The van der Waals surface area contributed by atoms with Crippen LogP contribution in [-0.4, -0.2) is 60.4 Å². The molecule has 8 nitrogen and oxygen atoms in total. The smallest absolute Gasteiger partial charge is 0.194 e. The number of anilines is 1. The van der Waals surface area contributed by atoms with Crippen molar-refractivity contribution in [2.45, 2.75) is 48.4 Å². The molecule has 3 aromatic heterocycles. The first-order chi connectivity index (χ1) is 15.1. The Morgan fingerprint density at radius 3 is 2.87 bits per heavy atom. The molecule has 1 saturated heterocycles. The first kappa shape index (κ1) is 20.6. The third-order valence-corrected chi connectivity index (χ3v) is 7.04. The summed E-state index contributed by atoms with van der Waals surface area (Å²) in [6, 6.07) is 1.50. The van der Waals surface area contributed by atoms with E-state index in [1.54, 1.807) is 18.6 Å². The standard InChI is InChI=1S/C21H21ClN6O2S/c1-2-11-7-13-17(18(11)22)20(28-6-3-16(30)15(28)10-29)27-21(26-13)31-12-8-14-19(25-9-12)24-5-4-23-14/h4-5,8-9,15-16,29-30H,2-3,6-7,10H2,1H3/t15-,16+/m1/s1. The molecule has 2 N–H and O–H groups in total. The molecule has 1 aliphatic carbocycles. The second-order valence-electron chi connectivity index (χ2n) is 7.57. The molecule has 2 atom stereocenters. The van der Waals surface area contributed by atoms with Crippen molar-refractivity contribution in [3.05, 3.63) is 41.5 Å². The Bertz CT molecular complexity index is 1190. The zero-order valence-corrected chi connectivity index (χ0v) is 18.4. The normalized spacial score (nSPS) is 20.7. The molecule has 10 heteroatoms. The van der Waals surface area contributed by atoms with E-state index in [0.29, 0.717) is 46.6 Å². The molecule has 5 rings (SSSR count). The molecule has 3 aromatic rings. The maximum Gasteiger partial charge on any atom is 0.194 e. The number of aromatic nitrogens is 5. The summed E-state index contributed by atoms with van der Waals surface area (Å²) in [7, 11) is 0. The number of aliphatic hydroxyl groups excluding tert-OH is 2. The lowest BCUT2D eigenvalue weighted by atomic mass is 10.1. The maximum absolute atomic E-state index is 10.3. The van der Waals surface area contributed by atoms with Gasteiger partial charge in [-0.1, -0.05) is 18.5 Å². The predicted molar refractivity (Wildman–Crippen MR) is 119 cm³/mol. The van der Waals surface area contributed by atoms with E-state index in [2.05, 4.69) is 21.9 Å². The van der Waals surface area contributed by atoms with E-state index in [9.17, 15) is 10.2 Å². The first-order valence-corrected chi connectivity index (χ1v) is 11.4. The average molecular weight is 457 g/mol. The van der Waals surface area contributed by atoms with Crippen LogP contribution in [0.15, 0.2) is 40.3 Å². The molecule has 1 aliphatic heterocycles. The van der Waals surface area contributed by atoms with Crippen LogP contribution in [0, 0.1) is 0 Å². The van der Waals surface area contributed by atoms with Crippen LogP contribution >= 0.6 is 23.4 Å². The van der Waals surface area contributed by atoms with Crippen LogP contribution in [0.25, 0.3) is 16.2 Å². The summed E-state index contributed by atoms with van der Waals surface area (Å²) >= 11 is 8.11. The molecule has 0 aromatic carbocycles. The van der Waals surface area contributed by atoms with Crippen molar-refractivity contribution in [2.24, 2.45) is 0 Å². The van der Waals surface area contributed by atoms with E-state index < -0.39 is 12.1 Å². The number of nitrogens with zero attached hydrogens (tertiary/aromatic N) is 6. The maximum atomic E-state index is 10.3. The number of pyridine rings is 1. The van der Waals surface area contributed by atoms with Gasteiger partial charge in [0.05, 0.1) is 35.0 Å². The second kappa shape index (κ2) is 8.31. The van der Waals surface area contributed by atoms with E-state index in [1.807, 2.05) is 11.0 Å². The van der Waals surface area contributed by atoms with Crippen LogP contribution in [0.1, 0.15) is 31.0 Å². The minimum absolute atomic E-state index is 0.155. The summed E-state index contributed by atoms with van der Waals surface area (Å²) in [4.78, 5) is 25.3. The summed E-state index contributed by atoms with van der Waals surface area (Å²) < 4.78 is 0. The van der Waals surface area contributed by atoms with Gasteiger partial charge in [-0.25, -0.2) is 19.9 Å². The molecule has 0 amide bonds. The Hall–Kier alpha value is -2.33. The minimum Gasteiger partial charge on any atom is -0.394 e. The second-order valence-corrected chi connectivity index (χ2v) is 8.99. The molecule has 0 saturated carbocycles. The van der Waals surface area contributed by atoms with Crippen LogP contribution in [0.5, 0.6) is 0 Å². The lowest BCUT2D eigenvalue weighted by Gasteiger charge is -2.27.